The van der Waals surface area contributed by atoms with Crippen LogP contribution in [0.25, 0.3) is 0 Å². The molecule has 1 atom stereocenters. The van der Waals surface area contributed by atoms with Crippen LogP contribution in [0.15, 0.2) is 30.3 Å². The van der Waals surface area contributed by atoms with Crippen LogP contribution < -0.4 is 5.32 Å². The summed E-state index contributed by atoms with van der Waals surface area (Å²) >= 11 is 0. The minimum absolute atomic E-state index is 0.184. The van der Waals surface area contributed by atoms with Gasteiger partial charge in [0.05, 0.1) is 5.41 Å². The average Bonchev–Trinajstić information content (AvgIpc) is 2.62. The van der Waals surface area contributed by atoms with Crippen molar-refractivity contribution in [3.05, 3.63) is 35.9 Å². The lowest BCUT2D eigenvalue weighted by Gasteiger charge is -2.30. The summed E-state index contributed by atoms with van der Waals surface area (Å²) < 4.78 is 0. The highest BCUT2D eigenvalue weighted by Crippen LogP contribution is 2.38. The first-order valence-corrected chi connectivity index (χ1v) is 5.52. The largest absolute Gasteiger partial charge is 0.355 e. The molecular formula is C13H17NO. The van der Waals surface area contributed by atoms with Gasteiger partial charge in [0.1, 0.15) is 0 Å². The molecule has 2 rings (SSSR count). The van der Waals surface area contributed by atoms with Gasteiger partial charge in [-0.1, -0.05) is 44.2 Å². The number of rotatable bonds is 2. The lowest BCUT2D eigenvalue weighted by Crippen LogP contribution is -2.40. The Morgan fingerprint density at radius 3 is 2.40 bits per heavy atom. The molecule has 0 saturated carbocycles. The van der Waals surface area contributed by atoms with Crippen molar-refractivity contribution in [2.75, 3.05) is 6.54 Å². The van der Waals surface area contributed by atoms with Crippen LogP contribution in [-0.2, 0) is 10.2 Å². The van der Waals surface area contributed by atoms with Crippen LogP contribution in [0.2, 0.25) is 0 Å². The average molecular weight is 203 g/mol. The van der Waals surface area contributed by atoms with Crippen molar-refractivity contribution in [3.8, 4) is 0 Å². The summed E-state index contributed by atoms with van der Waals surface area (Å²) in [6, 6.07) is 10.1. The smallest absolute Gasteiger partial charge is 0.230 e. The normalized spacial score (nSPS) is 25.7. The van der Waals surface area contributed by atoms with Gasteiger partial charge < -0.3 is 5.32 Å². The summed E-state index contributed by atoms with van der Waals surface area (Å²) in [5.41, 5.74) is 0.844. The molecule has 2 nitrogen and oxygen atoms in total. The van der Waals surface area contributed by atoms with Crippen molar-refractivity contribution in [1.29, 1.82) is 0 Å². The molecule has 1 heterocycles. The van der Waals surface area contributed by atoms with E-state index in [4.69, 9.17) is 0 Å². The maximum absolute atomic E-state index is 12.0. The lowest BCUT2D eigenvalue weighted by molar-refractivity contribution is -0.125. The predicted molar refractivity (Wildman–Crippen MR) is 60.6 cm³/mol. The lowest BCUT2D eigenvalue weighted by atomic mass is 9.70. The van der Waals surface area contributed by atoms with Crippen LogP contribution in [0.5, 0.6) is 0 Å². The van der Waals surface area contributed by atoms with Gasteiger partial charge in [-0.2, -0.15) is 0 Å². The highest BCUT2D eigenvalue weighted by atomic mass is 16.2. The summed E-state index contributed by atoms with van der Waals surface area (Å²) in [6.45, 7) is 5.04. The number of carbonyl (C=O) groups is 1. The van der Waals surface area contributed by atoms with E-state index < -0.39 is 0 Å². The summed E-state index contributed by atoms with van der Waals surface area (Å²) in [5, 5.41) is 2.95. The van der Waals surface area contributed by atoms with Gasteiger partial charge >= 0.3 is 0 Å². The molecule has 80 valence electrons. The molecule has 2 heteroatoms. The van der Waals surface area contributed by atoms with Crippen LogP contribution in [0, 0.1) is 5.92 Å². The van der Waals surface area contributed by atoms with Crippen molar-refractivity contribution >= 4 is 5.91 Å². The summed E-state index contributed by atoms with van der Waals surface area (Å²) in [6.07, 6.45) is 0.910. The van der Waals surface area contributed by atoms with E-state index in [2.05, 4.69) is 31.3 Å². The van der Waals surface area contributed by atoms with Gasteiger partial charge in [0.15, 0.2) is 0 Å². The van der Waals surface area contributed by atoms with Crippen molar-refractivity contribution in [3.63, 3.8) is 0 Å². The Kier molecular flexibility index (Phi) is 2.51. The third-order valence-electron chi connectivity index (χ3n) is 3.48. The van der Waals surface area contributed by atoms with E-state index in [1.54, 1.807) is 0 Å². The Balaban J connectivity index is 2.49. The summed E-state index contributed by atoms with van der Waals surface area (Å²) in [4.78, 5) is 12.0. The van der Waals surface area contributed by atoms with E-state index in [0.717, 1.165) is 18.5 Å². The van der Waals surface area contributed by atoms with Gasteiger partial charge in [0, 0.05) is 6.54 Å². The van der Waals surface area contributed by atoms with Crippen molar-refractivity contribution in [1.82, 2.24) is 5.32 Å². The number of benzene rings is 1. The second kappa shape index (κ2) is 3.69. The van der Waals surface area contributed by atoms with E-state index in [9.17, 15) is 4.79 Å². The standard InChI is InChI=1S/C13H17NO/c1-10(2)13(8-9-14-12(13)15)11-6-4-3-5-7-11/h3-7,10H,8-9H2,1-2H3,(H,14,15). The molecule has 0 spiro atoms. The number of nitrogens with one attached hydrogen (secondary N) is 1. The number of amides is 1. The van der Waals surface area contributed by atoms with E-state index in [-0.39, 0.29) is 11.3 Å². The molecule has 1 fully saturated rings. The van der Waals surface area contributed by atoms with Crippen molar-refractivity contribution in [2.45, 2.75) is 25.7 Å². The van der Waals surface area contributed by atoms with Crippen LogP contribution in [0.1, 0.15) is 25.8 Å². The fraction of sp³-hybridized carbons (Fsp3) is 0.462. The van der Waals surface area contributed by atoms with Gasteiger partial charge in [-0.25, -0.2) is 0 Å². The van der Waals surface area contributed by atoms with Gasteiger partial charge in [-0.3, -0.25) is 4.79 Å². The Labute approximate surface area is 90.7 Å². The maximum Gasteiger partial charge on any atom is 0.230 e. The molecular weight excluding hydrogens is 186 g/mol. The molecule has 1 amide bonds. The van der Waals surface area contributed by atoms with Gasteiger partial charge in [-0.05, 0) is 17.9 Å². The zero-order valence-corrected chi connectivity index (χ0v) is 9.29. The Hall–Kier alpha value is -1.31. The Morgan fingerprint density at radius 1 is 1.27 bits per heavy atom. The van der Waals surface area contributed by atoms with Crippen LogP contribution in [0.3, 0.4) is 0 Å². The molecule has 1 aromatic rings. The fourth-order valence-corrected chi connectivity index (χ4v) is 2.54. The van der Waals surface area contributed by atoms with E-state index in [1.807, 2.05) is 18.2 Å². The Morgan fingerprint density at radius 2 is 1.93 bits per heavy atom. The maximum atomic E-state index is 12.0. The summed E-state index contributed by atoms with van der Waals surface area (Å²) in [7, 11) is 0. The van der Waals surface area contributed by atoms with Gasteiger partial charge in [0.2, 0.25) is 5.91 Å². The minimum atomic E-state index is -0.304. The summed E-state index contributed by atoms with van der Waals surface area (Å²) in [5.74, 6) is 0.520. The van der Waals surface area contributed by atoms with Crippen LogP contribution in [0.4, 0.5) is 0 Å². The van der Waals surface area contributed by atoms with Crippen LogP contribution >= 0.6 is 0 Å². The van der Waals surface area contributed by atoms with Gasteiger partial charge in [-0.15, -0.1) is 0 Å². The first kappa shape index (κ1) is 10.2. The van der Waals surface area contributed by atoms with Crippen molar-refractivity contribution in [2.24, 2.45) is 5.92 Å². The third-order valence-corrected chi connectivity index (χ3v) is 3.48. The molecule has 1 aliphatic rings. The van der Waals surface area contributed by atoms with Crippen LogP contribution in [-0.4, -0.2) is 12.5 Å². The fourth-order valence-electron chi connectivity index (χ4n) is 2.54. The van der Waals surface area contributed by atoms with Crippen molar-refractivity contribution < 1.29 is 4.79 Å². The first-order chi connectivity index (χ1) is 7.18. The molecule has 1 saturated heterocycles. The monoisotopic (exact) mass is 203 g/mol. The third kappa shape index (κ3) is 1.44. The molecule has 0 radical (unpaired) electrons. The highest BCUT2D eigenvalue weighted by Gasteiger charge is 2.46. The molecule has 0 aromatic heterocycles. The predicted octanol–water partition coefficient (Wildman–Crippen LogP) is 2.10. The highest BCUT2D eigenvalue weighted by molar-refractivity contribution is 5.90. The molecule has 0 bridgehead atoms. The number of hydrogen-bond donors (Lipinski definition) is 1. The second-order valence-electron chi connectivity index (χ2n) is 4.50. The quantitative estimate of drug-likeness (QED) is 0.783. The zero-order valence-electron chi connectivity index (χ0n) is 9.29. The topological polar surface area (TPSA) is 29.1 Å². The van der Waals surface area contributed by atoms with E-state index in [0.29, 0.717) is 5.92 Å². The molecule has 15 heavy (non-hydrogen) atoms. The van der Waals surface area contributed by atoms with Gasteiger partial charge in [0.25, 0.3) is 0 Å². The SMILES string of the molecule is CC(C)C1(c2ccccc2)CCNC1=O. The Bertz CT molecular complexity index is 358. The minimum Gasteiger partial charge on any atom is -0.355 e. The van der Waals surface area contributed by atoms with E-state index in [1.165, 1.54) is 0 Å². The molecule has 1 aliphatic heterocycles. The molecule has 0 aliphatic carbocycles. The second-order valence-corrected chi connectivity index (χ2v) is 4.50. The number of carbonyl (C=O) groups excluding carboxylic acids is 1. The molecule has 1 N–H and O–H groups in total. The van der Waals surface area contributed by atoms with E-state index >= 15 is 0 Å². The molecule has 1 aromatic carbocycles. The molecule has 1 unspecified atom stereocenters. The zero-order chi connectivity index (χ0) is 10.9. The first-order valence-electron chi connectivity index (χ1n) is 5.52. The number of hydrogen-bond acceptors (Lipinski definition) is 1.